The number of non-ortho nitro benzene ring substituents is 1. The first kappa shape index (κ1) is 10.3. The van der Waals surface area contributed by atoms with E-state index in [2.05, 4.69) is 5.32 Å². The zero-order valence-electron chi connectivity index (χ0n) is 8.17. The van der Waals surface area contributed by atoms with Crippen LogP contribution >= 0.6 is 0 Å². The van der Waals surface area contributed by atoms with Crippen LogP contribution in [0.3, 0.4) is 0 Å². The molecule has 6 nitrogen and oxygen atoms in total. The molecule has 16 heavy (non-hydrogen) atoms. The number of ketones is 1. The number of nitrogens with one attached hydrogen (secondary N) is 1. The average Bonchev–Trinajstić information content (AvgIpc) is 2.70. The van der Waals surface area contributed by atoms with Crippen molar-refractivity contribution in [3.8, 4) is 0 Å². The number of aldehydes is 1. The number of fused-ring (bicyclic) bond motifs is 1. The molecule has 1 aliphatic heterocycles. The normalized spacial score (nSPS) is 17.4. The number of hydrogen-bond donors (Lipinski definition) is 1. The molecule has 1 N–H and O–H groups in total. The minimum Gasteiger partial charge on any atom is -0.384 e. The minimum atomic E-state index is -0.604. The standard InChI is InChI=1S/C10H8N2O4/c13-5-10(14)8-4-11-9-2-1-6(12(15)16)3-7(8)9/h1-3,5,8,11H,4H2. The average molecular weight is 220 g/mol. The van der Waals surface area contributed by atoms with Crippen molar-refractivity contribution >= 4 is 23.4 Å². The second-order valence-electron chi connectivity index (χ2n) is 3.48. The maximum atomic E-state index is 11.3. The van der Waals surface area contributed by atoms with Gasteiger partial charge in [0.15, 0.2) is 6.29 Å². The van der Waals surface area contributed by atoms with Crippen molar-refractivity contribution in [2.24, 2.45) is 0 Å². The highest BCUT2D eigenvalue weighted by Gasteiger charge is 2.29. The number of carbonyl (C=O) groups excluding carboxylic acids is 2. The van der Waals surface area contributed by atoms with Crippen LogP contribution in [-0.4, -0.2) is 23.5 Å². The zero-order chi connectivity index (χ0) is 11.7. The van der Waals surface area contributed by atoms with E-state index in [-0.39, 0.29) is 12.0 Å². The molecule has 0 saturated heterocycles. The summed E-state index contributed by atoms with van der Waals surface area (Å²) in [6.07, 6.45) is 0.250. The molecular formula is C10H8N2O4. The summed E-state index contributed by atoms with van der Waals surface area (Å²) in [5.74, 6) is -1.17. The molecule has 0 spiro atoms. The smallest absolute Gasteiger partial charge is 0.269 e. The van der Waals surface area contributed by atoms with E-state index in [4.69, 9.17) is 0 Å². The van der Waals surface area contributed by atoms with Crippen LogP contribution in [0.1, 0.15) is 11.5 Å². The highest BCUT2D eigenvalue weighted by Crippen LogP contribution is 2.34. The molecule has 6 heteroatoms. The Labute approximate surface area is 90.4 Å². The molecule has 1 aromatic carbocycles. The summed E-state index contributed by atoms with van der Waals surface area (Å²) >= 11 is 0. The van der Waals surface area contributed by atoms with Gasteiger partial charge in [-0.15, -0.1) is 0 Å². The van der Waals surface area contributed by atoms with E-state index in [1.165, 1.54) is 12.1 Å². The fourth-order valence-electron chi connectivity index (χ4n) is 1.77. The number of Topliss-reactive ketones (excluding diaryl/α,β-unsaturated/α-hetero) is 1. The highest BCUT2D eigenvalue weighted by atomic mass is 16.6. The van der Waals surface area contributed by atoms with Gasteiger partial charge in [0.2, 0.25) is 5.78 Å². The van der Waals surface area contributed by atoms with Crippen LogP contribution in [0.25, 0.3) is 0 Å². The quantitative estimate of drug-likeness (QED) is 0.353. The Hall–Kier alpha value is -2.24. The van der Waals surface area contributed by atoms with Crippen molar-refractivity contribution in [3.63, 3.8) is 0 Å². The highest BCUT2D eigenvalue weighted by molar-refractivity contribution is 6.28. The van der Waals surface area contributed by atoms with E-state index in [9.17, 15) is 19.7 Å². The first-order valence-electron chi connectivity index (χ1n) is 4.64. The van der Waals surface area contributed by atoms with Crippen molar-refractivity contribution in [2.75, 3.05) is 11.9 Å². The lowest BCUT2D eigenvalue weighted by atomic mass is 9.97. The largest absolute Gasteiger partial charge is 0.384 e. The lowest BCUT2D eigenvalue weighted by Gasteiger charge is -2.03. The van der Waals surface area contributed by atoms with Gasteiger partial charge in [-0.05, 0) is 11.6 Å². The number of carbonyl (C=O) groups is 2. The molecule has 82 valence electrons. The molecule has 0 radical (unpaired) electrons. The summed E-state index contributed by atoms with van der Waals surface area (Å²) in [5, 5.41) is 13.5. The van der Waals surface area contributed by atoms with E-state index in [1.807, 2.05) is 0 Å². The molecule has 1 unspecified atom stereocenters. The van der Waals surface area contributed by atoms with Gasteiger partial charge >= 0.3 is 0 Å². The number of hydrogen-bond acceptors (Lipinski definition) is 5. The molecule has 0 aromatic heterocycles. The Bertz CT molecular complexity index is 484. The zero-order valence-corrected chi connectivity index (χ0v) is 8.17. The van der Waals surface area contributed by atoms with Crippen LogP contribution in [0, 0.1) is 10.1 Å². The van der Waals surface area contributed by atoms with Crippen LogP contribution < -0.4 is 5.32 Å². The van der Waals surface area contributed by atoms with Gasteiger partial charge in [0, 0.05) is 24.4 Å². The molecule has 0 bridgehead atoms. The Morgan fingerprint density at radius 1 is 1.56 bits per heavy atom. The molecule has 1 heterocycles. The Balaban J connectivity index is 2.44. The van der Waals surface area contributed by atoms with E-state index in [1.54, 1.807) is 6.07 Å². The summed E-state index contributed by atoms with van der Waals surface area (Å²) in [6, 6.07) is 4.24. The molecule has 0 fully saturated rings. The van der Waals surface area contributed by atoms with Gasteiger partial charge in [-0.3, -0.25) is 19.7 Å². The number of nitro benzene ring substituents is 1. The van der Waals surface area contributed by atoms with Gasteiger partial charge in [-0.25, -0.2) is 0 Å². The van der Waals surface area contributed by atoms with Crippen molar-refractivity contribution in [2.45, 2.75) is 5.92 Å². The summed E-state index contributed by atoms with van der Waals surface area (Å²) in [4.78, 5) is 31.7. The second-order valence-corrected chi connectivity index (χ2v) is 3.48. The van der Waals surface area contributed by atoms with Crippen LogP contribution in [0.4, 0.5) is 11.4 Å². The molecule has 0 saturated carbocycles. The fraction of sp³-hybridized carbons (Fsp3) is 0.200. The Morgan fingerprint density at radius 2 is 2.31 bits per heavy atom. The molecule has 0 amide bonds. The van der Waals surface area contributed by atoms with Gasteiger partial charge < -0.3 is 5.32 Å². The van der Waals surface area contributed by atoms with Gasteiger partial charge in [-0.1, -0.05) is 0 Å². The first-order valence-corrected chi connectivity index (χ1v) is 4.64. The third-order valence-electron chi connectivity index (χ3n) is 2.58. The van der Waals surface area contributed by atoms with Gasteiger partial charge in [0.05, 0.1) is 10.8 Å². The third kappa shape index (κ3) is 1.54. The maximum absolute atomic E-state index is 11.3. The summed E-state index contributed by atoms with van der Waals surface area (Å²) in [5.41, 5.74) is 1.11. The fourth-order valence-corrected chi connectivity index (χ4v) is 1.77. The first-order chi connectivity index (χ1) is 7.63. The third-order valence-corrected chi connectivity index (χ3v) is 2.58. The van der Waals surface area contributed by atoms with Crippen LogP contribution in [0.15, 0.2) is 18.2 Å². The lowest BCUT2D eigenvalue weighted by Crippen LogP contribution is -2.15. The van der Waals surface area contributed by atoms with Crippen molar-refractivity contribution < 1.29 is 14.5 Å². The maximum Gasteiger partial charge on any atom is 0.269 e. The van der Waals surface area contributed by atoms with E-state index in [0.717, 1.165) is 0 Å². The number of nitrogens with zero attached hydrogens (tertiary/aromatic N) is 1. The van der Waals surface area contributed by atoms with Crippen molar-refractivity contribution in [3.05, 3.63) is 33.9 Å². The van der Waals surface area contributed by atoms with E-state index in [0.29, 0.717) is 17.8 Å². The topological polar surface area (TPSA) is 89.3 Å². The number of benzene rings is 1. The summed E-state index contributed by atoms with van der Waals surface area (Å²) in [6.45, 7) is 0.314. The molecule has 1 aliphatic rings. The van der Waals surface area contributed by atoms with Gasteiger partial charge in [0.25, 0.3) is 5.69 Å². The molecule has 1 aromatic rings. The molecular weight excluding hydrogens is 212 g/mol. The van der Waals surface area contributed by atoms with Gasteiger partial charge in [0.1, 0.15) is 0 Å². The van der Waals surface area contributed by atoms with Crippen LogP contribution in [0.5, 0.6) is 0 Å². The predicted molar refractivity (Wildman–Crippen MR) is 55.4 cm³/mol. The number of anilines is 1. The van der Waals surface area contributed by atoms with Crippen molar-refractivity contribution in [1.29, 1.82) is 0 Å². The monoisotopic (exact) mass is 220 g/mol. The summed E-state index contributed by atoms with van der Waals surface area (Å²) < 4.78 is 0. The summed E-state index contributed by atoms with van der Waals surface area (Å²) in [7, 11) is 0. The van der Waals surface area contributed by atoms with Gasteiger partial charge in [-0.2, -0.15) is 0 Å². The predicted octanol–water partition coefficient (Wildman–Crippen LogP) is 0.872. The molecule has 2 rings (SSSR count). The molecule has 1 atom stereocenters. The lowest BCUT2D eigenvalue weighted by molar-refractivity contribution is -0.384. The van der Waals surface area contributed by atoms with E-state index < -0.39 is 16.6 Å². The van der Waals surface area contributed by atoms with Crippen molar-refractivity contribution in [1.82, 2.24) is 0 Å². The van der Waals surface area contributed by atoms with Crippen LogP contribution in [0.2, 0.25) is 0 Å². The van der Waals surface area contributed by atoms with E-state index >= 15 is 0 Å². The van der Waals surface area contributed by atoms with Crippen LogP contribution in [-0.2, 0) is 9.59 Å². The minimum absolute atomic E-state index is 0.0776. The Kier molecular flexibility index (Phi) is 2.40. The number of rotatable bonds is 3. The second kappa shape index (κ2) is 3.73. The SMILES string of the molecule is O=CC(=O)C1CNc2ccc([N+](=O)[O-])cc21. The Morgan fingerprint density at radius 3 is 2.94 bits per heavy atom. The number of nitro groups is 1. The molecule has 0 aliphatic carbocycles.